The quantitative estimate of drug-likeness (QED) is 0.764. The molecule has 0 spiro atoms. The first-order valence-electron chi connectivity index (χ1n) is 7.26. The summed E-state index contributed by atoms with van der Waals surface area (Å²) in [5, 5.41) is 0. The van der Waals surface area contributed by atoms with Crippen molar-refractivity contribution in [3.05, 3.63) is 50.5 Å². The van der Waals surface area contributed by atoms with E-state index in [1.807, 2.05) is 13.8 Å². The fraction of sp³-hybridized carbons (Fsp3) is 0.375. The van der Waals surface area contributed by atoms with Crippen LogP contribution in [0.5, 0.6) is 0 Å². The number of hydrogen-bond donors (Lipinski definition) is 0. The molecule has 0 saturated carbocycles. The number of carbonyl (C=O) groups is 1. The number of alkyl halides is 3. The number of halogens is 4. The van der Waals surface area contributed by atoms with Gasteiger partial charge >= 0.3 is 6.18 Å². The number of rotatable bonds is 4. The zero-order valence-electron chi connectivity index (χ0n) is 13.8. The van der Waals surface area contributed by atoms with E-state index in [4.69, 9.17) is 4.74 Å². The minimum Gasteiger partial charge on any atom is -0.383 e. The Kier molecular flexibility index (Phi) is 5.79. The van der Waals surface area contributed by atoms with Crippen LogP contribution >= 0.6 is 11.3 Å². The van der Waals surface area contributed by atoms with E-state index in [0.717, 1.165) is 10.6 Å². The number of aryl methyl sites for hydroxylation is 1. The molecule has 4 nitrogen and oxygen atoms in total. The van der Waals surface area contributed by atoms with Crippen molar-refractivity contribution in [2.24, 2.45) is 4.99 Å². The molecule has 0 radical (unpaired) electrons. The maximum atomic E-state index is 13.8. The summed E-state index contributed by atoms with van der Waals surface area (Å²) in [4.78, 5) is 17.3. The van der Waals surface area contributed by atoms with Crippen LogP contribution in [-0.2, 0) is 17.5 Å². The van der Waals surface area contributed by atoms with Crippen LogP contribution in [0.2, 0.25) is 0 Å². The van der Waals surface area contributed by atoms with E-state index in [0.29, 0.717) is 31.4 Å². The van der Waals surface area contributed by atoms with Crippen molar-refractivity contribution in [3.63, 3.8) is 0 Å². The fourth-order valence-corrected chi connectivity index (χ4v) is 3.14. The normalized spacial score (nSPS) is 12.7. The third kappa shape index (κ3) is 4.35. The zero-order valence-corrected chi connectivity index (χ0v) is 14.6. The summed E-state index contributed by atoms with van der Waals surface area (Å²) in [7, 11) is 1.52. The van der Waals surface area contributed by atoms with Crippen LogP contribution in [0.15, 0.2) is 23.2 Å². The molecular formula is C16H16F4N2O2S. The van der Waals surface area contributed by atoms with E-state index < -0.39 is 29.0 Å². The first kappa shape index (κ1) is 19.3. The average Bonchev–Trinajstić information content (AvgIpc) is 2.78. The van der Waals surface area contributed by atoms with Gasteiger partial charge in [0.1, 0.15) is 5.82 Å². The predicted octanol–water partition coefficient (Wildman–Crippen LogP) is 3.71. The summed E-state index contributed by atoms with van der Waals surface area (Å²) in [5.74, 6) is -2.11. The topological polar surface area (TPSA) is 43.6 Å². The summed E-state index contributed by atoms with van der Waals surface area (Å²) in [6.07, 6.45) is -4.67. The standard InChI is InChI=1S/C16H16F4N2O2S/c1-9-10(2)25-15(22(9)6-7-24-3)21-14(23)12-8-11(16(18,19)20)4-5-13(12)17/h4-5,8H,6-7H2,1-3H3/b21-15-. The number of thiazole rings is 1. The molecule has 2 rings (SSSR count). The van der Waals surface area contributed by atoms with Gasteiger partial charge in [0.05, 0.1) is 17.7 Å². The summed E-state index contributed by atoms with van der Waals surface area (Å²) in [6.45, 7) is 4.45. The van der Waals surface area contributed by atoms with Crippen molar-refractivity contribution in [2.45, 2.75) is 26.6 Å². The molecule has 0 fully saturated rings. The summed E-state index contributed by atoms with van der Waals surface area (Å²) in [5.41, 5.74) is -0.951. The molecule has 1 aromatic heterocycles. The van der Waals surface area contributed by atoms with Crippen molar-refractivity contribution < 1.29 is 27.1 Å². The van der Waals surface area contributed by atoms with Gasteiger partial charge in [-0.05, 0) is 32.0 Å². The second kappa shape index (κ2) is 7.49. The highest BCUT2D eigenvalue weighted by molar-refractivity contribution is 7.09. The Bertz CT molecular complexity index is 853. The van der Waals surface area contributed by atoms with E-state index in [1.54, 1.807) is 4.57 Å². The van der Waals surface area contributed by atoms with Gasteiger partial charge in [-0.25, -0.2) is 4.39 Å². The number of ether oxygens (including phenoxy) is 1. The van der Waals surface area contributed by atoms with Gasteiger partial charge in [0.25, 0.3) is 5.91 Å². The largest absolute Gasteiger partial charge is 0.416 e. The maximum Gasteiger partial charge on any atom is 0.416 e. The van der Waals surface area contributed by atoms with E-state index in [2.05, 4.69) is 4.99 Å². The third-order valence-corrected chi connectivity index (χ3v) is 4.73. The Hall–Kier alpha value is -2.00. The number of hydrogen-bond acceptors (Lipinski definition) is 3. The van der Waals surface area contributed by atoms with Crippen LogP contribution < -0.4 is 4.80 Å². The van der Waals surface area contributed by atoms with Crippen molar-refractivity contribution in [2.75, 3.05) is 13.7 Å². The Morgan fingerprint density at radius 3 is 2.60 bits per heavy atom. The van der Waals surface area contributed by atoms with E-state index in [1.165, 1.54) is 18.4 Å². The molecule has 0 unspecified atom stereocenters. The third-order valence-electron chi connectivity index (χ3n) is 3.63. The zero-order chi connectivity index (χ0) is 18.8. The van der Waals surface area contributed by atoms with Crippen molar-refractivity contribution >= 4 is 17.2 Å². The summed E-state index contributed by atoms with van der Waals surface area (Å²) >= 11 is 1.21. The second-order valence-electron chi connectivity index (χ2n) is 5.28. The van der Waals surface area contributed by atoms with Crippen LogP contribution in [0, 0.1) is 19.7 Å². The molecule has 0 atom stereocenters. The number of nitrogens with zero attached hydrogens (tertiary/aromatic N) is 2. The number of benzene rings is 1. The van der Waals surface area contributed by atoms with Gasteiger partial charge in [0.15, 0.2) is 4.80 Å². The van der Waals surface area contributed by atoms with Crippen LogP contribution in [0.3, 0.4) is 0 Å². The molecule has 9 heteroatoms. The van der Waals surface area contributed by atoms with Crippen LogP contribution in [0.1, 0.15) is 26.5 Å². The highest BCUT2D eigenvalue weighted by Gasteiger charge is 2.32. The molecule has 2 aromatic rings. The van der Waals surface area contributed by atoms with Gasteiger partial charge in [0, 0.05) is 24.2 Å². The Morgan fingerprint density at radius 2 is 2.00 bits per heavy atom. The molecular weight excluding hydrogens is 360 g/mol. The number of methoxy groups -OCH3 is 1. The minimum absolute atomic E-state index is 0.286. The van der Waals surface area contributed by atoms with Crippen LogP contribution in [-0.4, -0.2) is 24.2 Å². The Balaban J connectivity index is 2.49. The lowest BCUT2D eigenvalue weighted by Crippen LogP contribution is -2.21. The number of amides is 1. The monoisotopic (exact) mass is 376 g/mol. The Labute approximate surface area is 145 Å². The SMILES string of the molecule is COCCn1c(C)c(C)s/c1=N\C(=O)c1cc(C(F)(F)F)ccc1F. The van der Waals surface area contributed by atoms with Crippen LogP contribution in [0.4, 0.5) is 17.6 Å². The highest BCUT2D eigenvalue weighted by atomic mass is 32.1. The van der Waals surface area contributed by atoms with Gasteiger partial charge in [-0.15, -0.1) is 11.3 Å². The Morgan fingerprint density at radius 1 is 1.32 bits per heavy atom. The molecule has 1 amide bonds. The maximum absolute atomic E-state index is 13.8. The van der Waals surface area contributed by atoms with Crippen LogP contribution in [0.25, 0.3) is 0 Å². The van der Waals surface area contributed by atoms with Gasteiger partial charge in [0.2, 0.25) is 0 Å². The molecule has 0 bridgehead atoms. The van der Waals surface area contributed by atoms with Crippen molar-refractivity contribution in [1.82, 2.24) is 4.57 Å². The number of aromatic nitrogens is 1. The first-order valence-corrected chi connectivity index (χ1v) is 8.08. The summed E-state index contributed by atoms with van der Waals surface area (Å²) < 4.78 is 58.8. The smallest absolute Gasteiger partial charge is 0.383 e. The van der Waals surface area contributed by atoms with Crippen molar-refractivity contribution in [1.29, 1.82) is 0 Å². The lowest BCUT2D eigenvalue weighted by molar-refractivity contribution is -0.137. The summed E-state index contributed by atoms with van der Waals surface area (Å²) in [6, 6.07) is 1.69. The van der Waals surface area contributed by atoms with Crippen molar-refractivity contribution in [3.8, 4) is 0 Å². The van der Waals surface area contributed by atoms with Gasteiger partial charge < -0.3 is 9.30 Å². The molecule has 1 aromatic carbocycles. The van der Waals surface area contributed by atoms with Gasteiger partial charge in [-0.2, -0.15) is 18.2 Å². The van der Waals surface area contributed by atoms with E-state index >= 15 is 0 Å². The van der Waals surface area contributed by atoms with E-state index in [-0.39, 0.29) is 4.80 Å². The molecule has 0 aliphatic rings. The lowest BCUT2D eigenvalue weighted by Gasteiger charge is -2.08. The predicted molar refractivity (Wildman–Crippen MR) is 85.0 cm³/mol. The highest BCUT2D eigenvalue weighted by Crippen LogP contribution is 2.30. The van der Waals surface area contributed by atoms with Gasteiger partial charge in [-0.3, -0.25) is 4.79 Å². The molecule has 0 aliphatic heterocycles. The first-order chi connectivity index (χ1) is 11.6. The number of carbonyl (C=O) groups excluding carboxylic acids is 1. The minimum atomic E-state index is -4.67. The van der Waals surface area contributed by atoms with Gasteiger partial charge in [-0.1, -0.05) is 0 Å². The molecule has 0 saturated heterocycles. The molecule has 0 N–H and O–H groups in total. The molecule has 0 aliphatic carbocycles. The average molecular weight is 376 g/mol. The second-order valence-corrected chi connectivity index (χ2v) is 6.46. The fourth-order valence-electron chi connectivity index (χ4n) is 2.14. The molecule has 25 heavy (non-hydrogen) atoms. The van der Waals surface area contributed by atoms with E-state index in [9.17, 15) is 22.4 Å². The lowest BCUT2D eigenvalue weighted by atomic mass is 10.1. The molecule has 1 heterocycles. The molecule has 136 valence electrons.